The summed E-state index contributed by atoms with van der Waals surface area (Å²) in [6.07, 6.45) is 1.88. The second kappa shape index (κ2) is 7.85. The maximum atomic E-state index is 12.6. The smallest absolute Gasteiger partial charge is 0.253 e. The zero-order valence-corrected chi connectivity index (χ0v) is 15.7. The SMILES string of the molecule is CCN1CCN(C(=O)c2ccc(CS(=O)(=O)N3CCCC3)cc2)CC1. The molecule has 3 rings (SSSR count). The highest BCUT2D eigenvalue weighted by Gasteiger charge is 2.26. The molecule has 0 saturated carbocycles. The van der Waals surface area contributed by atoms with E-state index in [0.717, 1.165) is 51.1 Å². The summed E-state index contributed by atoms with van der Waals surface area (Å²) in [5.41, 5.74) is 1.37. The molecule has 0 unspecified atom stereocenters. The first-order valence-corrected chi connectivity index (χ1v) is 10.7. The molecule has 138 valence electrons. The molecule has 0 aromatic heterocycles. The van der Waals surface area contributed by atoms with Crippen molar-refractivity contribution >= 4 is 15.9 Å². The third-order valence-corrected chi connectivity index (χ3v) is 6.97. The highest BCUT2D eigenvalue weighted by atomic mass is 32.2. The lowest BCUT2D eigenvalue weighted by molar-refractivity contribution is 0.0643. The molecule has 2 fully saturated rings. The van der Waals surface area contributed by atoms with Crippen molar-refractivity contribution in [2.45, 2.75) is 25.5 Å². The number of piperazine rings is 1. The van der Waals surface area contributed by atoms with Crippen LogP contribution in [0.5, 0.6) is 0 Å². The molecule has 1 amide bonds. The Morgan fingerprint density at radius 2 is 1.56 bits per heavy atom. The minimum absolute atomic E-state index is 0.0106. The lowest BCUT2D eigenvalue weighted by Gasteiger charge is -2.34. The third-order valence-electron chi connectivity index (χ3n) is 5.12. The van der Waals surface area contributed by atoms with Crippen LogP contribution in [0.1, 0.15) is 35.7 Å². The van der Waals surface area contributed by atoms with Gasteiger partial charge in [-0.1, -0.05) is 19.1 Å². The Bertz CT molecular complexity index is 689. The number of benzene rings is 1. The molecule has 0 aliphatic carbocycles. The van der Waals surface area contributed by atoms with Crippen LogP contribution >= 0.6 is 0 Å². The molecule has 2 saturated heterocycles. The number of hydrogen-bond acceptors (Lipinski definition) is 4. The molecule has 2 heterocycles. The maximum absolute atomic E-state index is 12.6. The highest BCUT2D eigenvalue weighted by Crippen LogP contribution is 2.18. The van der Waals surface area contributed by atoms with Gasteiger partial charge >= 0.3 is 0 Å². The standard InChI is InChI=1S/C18H27N3O3S/c1-2-19-11-13-20(14-12-19)18(22)17-7-5-16(6-8-17)15-25(23,24)21-9-3-4-10-21/h5-8H,2-4,9-15H2,1H3. The normalized spacial score (nSPS) is 20.1. The number of sulfonamides is 1. The minimum Gasteiger partial charge on any atom is -0.336 e. The molecule has 0 bridgehead atoms. The van der Waals surface area contributed by atoms with Gasteiger partial charge in [0, 0.05) is 44.8 Å². The molecule has 0 N–H and O–H groups in total. The Morgan fingerprint density at radius 1 is 0.960 bits per heavy atom. The number of hydrogen-bond donors (Lipinski definition) is 0. The summed E-state index contributed by atoms with van der Waals surface area (Å²) in [6.45, 7) is 7.72. The molecule has 25 heavy (non-hydrogen) atoms. The molecular formula is C18H27N3O3S. The molecular weight excluding hydrogens is 338 g/mol. The van der Waals surface area contributed by atoms with Crippen molar-refractivity contribution in [1.82, 2.24) is 14.1 Å². The predicted octanol–water partition coefficient (Wildman–Crippen LogP) is 1.39. The van der Waals surface area contributed by atoms with E-state index in [9.17, 15) is 13.2 Å². The van der Waals surface area contributed by atoms with Gasteiger partial charge < -0.3 is 9.80 Å². The van der Waals surface area contributed by atoms with Crippen molar-refractivity contribution in [3.05, 3.63) is 35.4 Å². The lowest BCUT2D eigenvalue weighted by atomic mass is 10.1. The fraction of sp³-hybridized carbons (Fsp3) is 0.611. The van der Waals surface area contributed by atoms with Gasteiger partial charge in [-0.15, -0.1) is 0 Å². The first kappa shape index (κ1) is 18.4. The van der Waals surface area contributed by atoms with Crippen molar-refractivity contribution in [1.29, 1.82) is 0 Å². The molecule has 0 atom stereocenters. The maximum Gasteiger partial charge on any atom is 0.253 e. The second-order valence-electron chi connectivity index (χ2n) is 6.79. The topological polar surface area (TPSA) is 60.9 Å². The van der Waals surface area contributed by atoms with Gasteiger partial charge in [-0.25, -0.2) is 12.7 Å². The van der Waals surface area contributed by atoms with Gasteiger partial charge in [0.25, 0.3) is 5.91 Å². The Hall–Kier alpha value is -1.44. The van der Waals surface area contributed by atoms with Gasteiger partial charge in [-0.3, -0.25) is 4.79 Å². The van der Waals surface area contributed by atoms with E-state index in [1.807, 2.05) is 4.90 Å². The fourth-order valence-electron chi connectivity index (χ4n) is 3.46. The number of amides is 1. The first-order chi connectivity index (χ1) is 12.0. The Balaban J connectivity index is 1.61. The van der Waals surface area contributed by atoms with Crippen LogP contribution in [0.25, 0.3) is 0 Å². The van der Waals surface area contributed by atoms with Crippen LogP contribution in [0.3, 0.4) is 0 Å². The average Bonchev–Trinajstić information content (AvgIpc) is 3.17. The van der Waals surface area contributed by atoms with Gasteiger partial charge in [-0.05, 0) is 37.1 Å². The summed E-state index contributed by atoms with van der Waals surface area (Å²) in [5, 5.41) is 0. The highest BCUT2D eigenvalue weighted by molar-refractivity contribution is 7.88. The van der Waals surface area contributed by atoms with Gasteiger partial charge in [-0.2, -0.15) is 0 Å². The van der Waals surface area contributed by atoms with Crippen LogP contribution in [-0.4, -0.2) is 74.2 Å². The van der Waals surface area contributed by atoms with E-state index in [1.165, 1.54) is 0 Å². The van der Waals surface area contributed by atoms with E-state index in [1.54, 1.807) is 28.6 Å². The zero-order chi connectivity index (χ0) is 17.9. The van der Waals surface area contributed by atoms with Gasteiger partial charge in [0.2, 0.25) is 10.0 Å². The van der Waals surface area contributed by atoms with E-state index < -0.39 is 10.0 Å². The fourth-order valence-corrected chi connectivity index (χ4v) is 5.07. The quantitative estimate of drug-likeness (QED) is 0.791. The molecule has 0 radical (unpaired) electrons. The first-order valence-electron chi connectivity index (χ1n) is 9.08. The molecule has 1 aromatic rings. The third kappa shape index (κ3) is 4.40. The van der Waals surface area contributed by atoms with Gasteiger partial charge in [0.1, 0.15) is 0 Å². The van der Waals surface area contributed by atoms with Crippen molar-refractivity contribution < 1.29 is 13.2 Å². The minimum atomic E-state index is -3.24. The van der Waals surface area contributed by atoms with Crippen LogP contribution in [-0.2, 0) is 15.8 Å². The van der Waals surface area contributed by atoms with Crippen LogP contribution in [0.15, 0.2) is 24.3 Å². The summed E-state index contributed by atoms with van der Waals surface area (Å²) >= 11 is 0. The number of likely N-dealkylation sites (N-methyl/N-ethyl adjacent to an activating group) is 1. The Labute approximate surface area is 150 Å². The van der Waals surface area contributed by atoms with Crippen LogP contribution < -0.4 is 0 Å². The lowest BCUT2D eigenvalue weighted by Crippen LogP contribution is -2.48. The molecule has 6 nitrogen and oxygen atoms in total. The van der Waals surface area contributed by atoms with Crippen molar-refractivity contribution in [3.63, 3.8) is 0 Å². The summed E-state index contributed by atoms with van der Waals surface area (Å²) in [6, 6.07) is 7.04. The van der Waals surface area contributed by atoms with Crippen LogP contribution in [0.2, 0.25) is 0 Å². The molecule has 7 heteroatoms. The average molecular weight is 365 g/mol. The van der Waals surface area contributed by atoms with Crippen LogP contribution in [0.4, 0.5) is 0 Å². The largest absolute Gasteiger partial charge is 0.336 e. The molecule has 2 aliphatic rings. The Morgan fingerprint density at radius 3 is 2.12 bits per heavy atom. The summed E-state index contributed by atoms with van der Waals surface area (Å²) in [5.74, 6) is 0.0427. The summed E-state index contributed by atoms with van der Waals surface area (Å²) in [4.78, 5) is 16.8. The van der Waals surface area contributed by atoms with Gasteiger partial charge in [0.05, 0.1) is 5.75 Å². The van der Waals surface area contributed by atoms with Crippen LogP contribution in [0, 0.1) is 0 Å². The van der Waals surface area contributed by atoms with E-state index >= 15 is 0 Å². The second-order valence-corrected chi connectivity index (χ2v) is 8.75. The number of carbonyl (C=O) groups excluding carboxylic acids is 1. The van der Waals surface area contributed by atoms with E-state index in [4.69, 9.17) is 0 Å². The molecule has 2 aliphatic heterocycles. The number of nitrogens with zero attached hydrogens (tertiary/aromatic N) is 3. The van der Waals surface area contributed by atoms with Crippen molar-refractivity contribution in [3.8, 4) is 0 Å². The van der Waals surface area contributed by atoms with E-state index in [-0.39, 0.29) is 11.7 Å². The van der Waals surface area contributed by atoms with Crippen molar-refractivity contribution in [2.75, 3.05) is 45.8 Å². The number of carbonyl (C=O) groups is 1. The zero-order valence-electron chi connectivity index (χ0n) is 14.9. The predicted molar refractivity (Wildman–Crippen MR) is 97.9 cm³/mol. The molecule has 1 aromatic carbocycles. The molecule has 0 spiro atoms. The van der Waals surface area contributed by atoms with Gasteiger partial charge in [0.15, 0.2) is 0 Å². The Kier molecular flexibility index (Phi) is 5.76. The van der Waals surface area contributed by atoms with Crippen molar-refractivity contribution in [2.24, 2.45) is 0 Å². The van der Waals surface area contributed by atoms with E-state index in [2.05, 4.69) is 11.8 Å². The summed E-state index contributed by atoms with van der Waals surface area (Å²) < 4.78 is 26.3. The van der Waals surface area contributed by atoms with E-state index in [0.29, 0.717) is 18.7 Å². The number of rotatable bonds is 5. The monoisotopic (exact) mass is 365 g/mol. The summed E-state index contributed by atoms with van der Waals surface area (Å²) in [7, 11) is -3.24.